The molecule has 1 aliphatic rings. The molecule has 0 saturated carbocycles. The zero-order valence-electron chi connectivity index (χ0n) is 10.3. The first-order valence-electron chi connectivity index (χ1n) is 5.62. The summed E-state index contributed by atoms with van der Waals surface area (Å²) < 4.78 is 63.8. The van der Waals surface area contributed by atoms with Gasteiger partial charge >= 0.3 is 6.18 Å². The number of aromatic nitrogens is 3. The number of hydrogen-bond donors (Lipinski definition) is 0. The highest BCUT2D eigenvalue weighted by molar-refractivity contribution is 7.89. The summed E-state index contributed by atoms with van der Waals surface area (Å²) in [6.45, 7) is 2.77. The van der Waals surface area contributed by atoms with Crippen molar-refractivity contribution in [3.05, 3.63) is 11.6 Å². The fourth-order valence-electron chi connectivity index (χ4n) is 1.86. The predicted octanol–water partition coefficient (Wildman–Crippen LogP) is 0.851. The fraction of sp³-hybridized carbons (Fsp3) is 0.778. The molecule has 0 unspecified atom stereocenters. The SMILES string of the molecule is CC(C)S(=O)(=O)N1CCn2c(nnc2C(F)(F)F)C1. The molecule has 0 radical (unpaired) electrons. The van der Waals surface area contributed by atoms with Crippen LogP contribution >= 0.6 is 0 Å². The van der Waals surface area contributed by atoms with Gasteiger partial charge in [-0.2, -0.15) is 17.5 Å². The number of fused-ring (bicyclic) bond motifs is 1. The van der Waals surface area contributed by atoms with E-state index in [1.807, 2.05) is 0 Å². The molecule has 19 heavy (non-hydrogen) atoms. The summed E-state index contributed by atoms with van der Waals surface area (Å²) in [7, 11) is -3.50. The Hall–Kier alpha value is -1.16. The van der Waals surface area contributed by atoms with Crippen molar-refractivity contribution in [3.8, 4) is 0 Å². The first-order chi connectivity index (χ1) is 8.64. The molecule has 0 aliphatic carbocycles. The molecule has 2 rings (SSSR count). The number of hydrogen-bond acceptors (Lipinski definition) is 4. The van der Waals surface area contributed by atoms with E-state index in [0.717, 1.165) is 8.87 Å². The van der Waals surface area contributed by atoms with Gasteiger partial charge < -0.3 is 4.57 Å². The lowest BCUT2D eigenvalue weighted by atomic mass is 10.4. The minimum Gasteiger partial charge on any atom is -0.305 e. The standard InChI is InChI=1S/C9H13F3N4O2S/c1-6(2)19(17,18)15-3-4-16-7(5-15)13-14-8(16)9(10,11)12/h6H,3-5H2,1-2H3. The molecule has 0 amide bonds. The molecule has 0 atom stereocenters. The molecule has 108 valence electrons. The molecule has 0 aromatic carbocycles. The van der Waals surface area contributed by atoms with Crippen molar-refractivity contribution in [2.24, 2.45) is 0 Å². The molecule has 0 bridgehead atoms. The molecule has 0 spiro atoms. The Kier molecular flexibility index (Phi) is 3.33. The predicted molar refractivity (Wildman–Crippen MR) is 59.5 cm³/mol. The second kappa shape index (κ2) is 4.44. The van der Waals surface area contributed by atoms with Crippen LogP contribution in [-0.2, 0) is 29.3 Å². The molecule has 0 saturated heterocycles. The third-order valence-electron chi connectivity index (χ3n) is 2.93. The van der Waals surface area contributed by atoms with Crippen molar-refractivity contribution in [2.75, 3.05) is 6.54 Å². The van der Waals surface area contributed by atoms with Crippen molar-refractivity contribution < 1.29 is 21.6 Å². The number of sulfonamides is 1. The highest BCUT2D eigenvalue weighted by Gasteiger charge is 2.40. The first kappa shape index (κ1) is 14.3. The maximum absolute atomic E-state index is 12.6. The Morgan fingerprint density at radius 1 is 1.21 bits per heavy atom. The second-order valence-electron chi connectivity index (χ2n) is 4.52. The van der Waals surface area contributed by atoms with Gasteiger partial charge in [0.15, 0.2) is 0 Å². The Balaban J connectivity index is 2.31. The molecular weight excluding hydrogens is 285 g/mol. The molecule has 1 aromatic rings. The van der Waals surface area contributed by atoms with Gasteiger partial charge in [0.05, 0.1) is 11.8 Å². The topological polar surface area (TPSA) is 68.1 Å². The Labute approximate surface area is 108 Å². The number of halogens is 3. The van der Waals surface area contributed by atoms with E-state index in [2.05, 4.69) is 10.2 Å². The maximum atomic E-state index is 12.6. The maximum Gasteiger partial charge on any atom is 0.451 e. The number of alkyl halides is 3. The lowest BCUT2D eigenvalue weighted by molar-refractivity contribution is -0.147. The van der Waals surface area contributed by atoms with Gasteiger partial charge in [-0.05, 0) is 13.8 Å². The quantitative estimate of drug-likeness (QED) is 0.812. The summed E-state index contributed by atoms with van der Waals surface area (Å²) in [5.41, 5.74) is 0. The highest BCUT2D eigenvalue weighted by Crippen LogP contribution is 2.30. The summed E-state index contributed by atoms with van der Waals surface area (Å²) in [6, 6.07) is 0. The van der Waals surface area contributed by atoms with Gasteiger partial charge in [-0.1, -0.05) is 0 Å². The van der Waals surface area contributed by atoms with Crippen molar-refractivity contribution in [2.45, 2.75) is 38.4 Å². The van der Waals surface area contributed by atoms with Gasteiger partial charge in [0, 0.05) is 13.1 Å². The third kappa shape index (κ3) is 2.46. The summed E-state index contributed by atoms with van der Waals surface area (Å²) in [5.74, 6) is -1.06. The van der Waals surface area contributed by atoms with E-state index in [-0.39, 0.29) is 25.5 Å². The minimum absolute atomic E-state index is 0.00532. The largest absolute Gasteiger partial charge is 0.451 e. The van der Waals surface area contributed by atoms with E-state index >= 15 is 0 Å². The number of nitrogens with zero attached hydrogens (tertiary/aromatic N) is 4. The van der Waals surface area contributed by atoms with E-state index in [4.69, 9.17) is 0 Å². The normalized spacial score (nSPS) is 17.8. The summed E-state index contributed by atoms with van der Waals surface area (Å²) in [5, 5.41) is 5.91. The molecule has 6 nitrogen and oxygen atoms in total. The molecule has 1 aliphatic heterocycles. The van der Waals surface area contributed by atoms with Gasteiger partial charge in [0.2, 0.25) is 15.8 Å². The third-order valence-corrected chi connectivity index (χ3v) is 5.15. The van der Waals surface area contributed by atoms with Crippen LogP contribution in [0.15, 0.2) is 0 Å². The lowest BCUT2D eigenvalue weighted by Gasteiger charge is -2.28. The van der Waals surface area contributed by atoms with Gasteiger partial charge in [-0.25, -0.2) is 8.42 Å². The van der Waals surface area contributed by atoms with Crippen molar-refractivity contribution >= 4 is 10.0 Å². The monoisotopic (exact) mass is 298 g/mol. The van der Waals surface area contributed by atoms with Crippen molar-refractivity contribution in [1.29, 1.82) is 0 Å². The number of rotatable bonds is 2. The molecule has 10 heteroatoms. The van der Waals surface area contributed by atoms with E-state index in [1.54, 1.807) is 0 Å². The van der Waals surface area contributed by atoms with E-state index < -0.39 is 27.3 Å². The molecule has 0 fully saturated rings. The first-order valence-corrected chi connectivity index (χ1v) is 7.12. The van der Waals surface area contributed by atoms with Crippen LogP contribution in [0.3, 0.4) is 0 Å². The highest BCUT2D eigenvalue weighted by atomic mass is 32.2. The van der Waals surface area contributed by atoms with Crippen LogP contribution in [0.5, 0.6) is 0 Å². The fourth-order valence-corrected chi connectivity index (χ4v) is 3.09. The minimum atomic E-state index is -4.58. The second-order valence-corrected chi connectivity index (χ2v) is 7.01. The zero-order valence-corrected chi connectivity index (χ0v) is 11.2. The van der Waals surface area contributed by atoms with E-state index in [1.165, 1.54) is 13.8 Å². The van der Waals surface area contributed by atoms with Crippen molar-refractivity contribution in [1.82, 2.24) is 19.1 Å². The Morgan fingerprint density at radius 3 is 2.37 bits per heavy atom. The van der Waals surface area contributed by atoms with Crippen LogP contribution < -0.4 is 0 Å². The van der Waals surface area contributed by atoms with E-state index in [9.17, 15) is 21.6 Å². The molecular formula is C9H13F3N4O2S. The zero-order chi connectivity index (χ0) is 14.4. The smallest absolute Gasteiger partial charge is 0.305 e. The van der Waals surface area contributed by atoms with Crippen LogP contribution in [0.25, 0.3) is 0 Å². The summed E-state index contributed by atoms with van der Waals surface area (Å²) in [4.78, 5) is 0. The van der Waals surface area contributed by atoms with Gasteiger partial charge in [0.1, 0.15) is 5.82 Å². The van der Waals surface area contributed by atoms with Gasteiger partial charge in [-0.15, -0.1) is 10.2 Å². The summed E-state index contributed by atoms with van der Waals surface area (Å²) in [6.07, 6.45) is -4.58. The average molecular weight is 298 g/mol. The lowest BCUT2D eigenvalue weighted by Crippen LogP contribution is -2.42. The Morgan fingerprint density at radius 2 is 1.84 bits per heavy atom. The molecule has 0 N–H and O–H groups in total. The van der Waals surface area contributed by atoms with Crippen molar-refractivity contribution in [3.63, 3.8) is 0 Å². The van der Waals surface area contributed by atoms with Crippen LogP contribution in [0, 0.1) is 0 Å². The summed E-state index contributed by atoms with van der Waals surface area (Å²) >= 11 is 0. The van der Waals surface area contributed by atoms with Crippen LogP contribution in [0.2, 0.25) is 0 Å². The Bertz CT molecular complexity index is 579. The molecule has 2 heterocycles. The van der Waals surface area contributed by atoms with E-state index in [0.29, 0.717) is 0 Å². The van der Waals surface area contributed by atoms with Gasteiger partial charge in [-0.3, -0.25) is 0 Å². The average Bonchev–Trinajstić information content (AvgIpc) is 2.70. The molecule has 1 aromatic heterocycles. The van der Waals surface area contributed by atoms with Crippen LogP contribution in [-0.4, -0.2) is 39.3 Å². The van der Waals surface area contributed by atoms with Crippen LogP contribution in [0.4, 0.5) is 13.2 Å². The van der Waals surface area contributed by atoms with Gasteiger partial charge in [0.25, 0.3) is 0 Å². The van der Waals surface area contributed by atoms with Crippen LogP contribution in [0.1, 0.15) is 25.5 Å².